The lowest BCUT2D eigenvalue weighted by atomic mass is 9.91. The Labute approximate surface area is 154 Å². The fraction of sp³-hybridized carbons (Fsp3) is 0.684. The number of hydrogen-bond donors (Lipinski definition) is 3. The monoisotopic (exact) mass is 367 g/mol. The Balaban J connectivity index is 1.63. The van der Waals surface area contributed by atoms with E-state index < -0.39 is 5.92 Å². The minimum atomic E-state index is -0.425. The molecule has 0 aliphatic heterocycles. The summed E-state index contributed by atoms with van der Waals surface area (Å²) >= 11 is 0. The van der Waals surface area contributed by atoms with Crippen LogP contribution in [0.4, 0.5) is 9.18 Å². The lowest BCUT2D eigenvalue weighted by molar-refractivity contribution is -0.123. The largest absolute Gasteiger partial charge is 0.450 e. The molecule has 0 radical (unpaired) electrons. The van der Waals surface area contributed by atoms with Crippen molar-refractivity contribution in [2.75, 3.05) is 19.7 Å². The zero-order valence-electron chi connectivity index (χ0n) is 15.6. The maximum atomic E-state index is 13.6. The van der Waals surface area contributed by atoms with Crippen LogP contribution in [0.5, 0.6) is 0 Å². The van der Waals surface area contributed by atoms with Gasteiger partial charge in [0.1, 0.15) is 5.83 Å². The summed E-state index contributed by atoms with van der Waals surface area (Å²) in [5, 5.41) is 9.17. The Kier molecular flexibility index (Phi) is 8.09. The highest BCUT2D eigenvalue weighted by Gasteiger charge is 2.24. The number of carbonyl (C=O) groups excluding carboxylic acids is 2. The Bertz CT molecular complexity index is 562. The molecule has 0 bridgehead atoms. The van der Waals surface area contributed by atoms with Gasteiger partial charge in [-0.25, -0.2) is 9.18 Å². The summed E-state index contributed by atoms with van der Waals surface area (Å²) in [6, 6.07) is 0.436. The highest BCUT2D eigenvalue weighted by Crippen LogP contribution is 2.24. The molecule has 0 heterocycles. The van der Waals surface area contributed by atoms with E-state index in [1.165, 1.54) is 0 Å². The van der Waals surface area contributed by atoms with E-state index >= 15 is 0 Å². The third-order valence-corrected chi connectivity index (χ3v) is 4.87. The van der Waals surface area contributed by atoms with Crippen molar-refractivity contribution in [1.82, 2.24) is 16.0 Å². The standard InChI is InChI=1S/C19H30FN3O3/c1-3-26-19(25)23-16-6-4-5-15(12-16)21-9-10-22-18(24)14-8-7-13(2)17(20)11-14/h7-8,14-16,21H,3-6,9-12H2,1-2H3,(H,22,24)(H,23,25). The number of allylic oxidation sites excluding steroid dienone is 3. The smallest absolute Gasteiger partial charge is 0.407 e. The van der Waals surface area contributed by atoms with Gasteiger partial charge in [-0.2, -0.15) is 0 Å². The van der Waals surface area contributed by atoms with Crippen molar-refractivity contribution < 1.29 is 18.7 Å². The van der Waals surface area contributed by atoms with Crippen LogP contribution in [-0.2, 0) is 9.53 Å². The summed E-state index contributed by atoms with van der Waals surface area (Å²) in [6.45, 7) is 5.01. The first-order chi connectivity index (χ1) is 12.5. The first-order valence-corrected chi connectivity index (χ1v) is 9.47. The third-order valence-electron chi connectivity index (χ3n) is 4.87. The van der Waals surface area contributed by atoms with E-state index in [2.05, 4.69) is 16.0 Å². The Morgan fingerprint density at radius 1 is 1.27 bits per heavy atom. The molecule has 0 saturated heterocycles. The van der Waals surface area contributed by atoms with Gasteiger partial charge >= 0.3 is 6.09 Å². The van der Waals surface area contributed by atoms with Crippen LogP contribution in [0.1, 0.15) is 46.0 Å². The van der Waals surface area contributed by atoms with Crippen molar-refractivity contribution in [3.05, 3.63) is 23.6 Å². The number of halogens is 1. The molecule has 2 aliphatic carbocycles. The molecule has 3 N–H and O–H groups in total. The van der Waals surface area contributed by atoms with Crippen LogP contribution in [0.25, 0.3) is 0 Å². The van der Waals surface area contributed by atoms with Crippen LogP contribution < -0.4 is 16.0 Å². The first-order valence-electron chi connectivity index (χ1n) is 9.47. The molecule has 3 atom stereocenters. The zero-order chi connectivity index (χ0) is 18.9. The number of amides is 2. The van der Waals surface area contributed by atoms with Crippen LogP contribution in [0, 0.1) is 5.92 Å². The molecule has 0 aromatic rings. The van der Waals surface area contributed by atoms with E-state index in [4.69, 9.17) is 4.74 Å². The molecule has 0 spiro atoms. The van der Waals surface area contributed by atoms with Gasteiger partial charge in [-0.1, -0.05) is 12.2 Å². The second-order valence-electron chi connectivity index (χ2n) is 6.93. The average molecular weight is 367 g/mol. The quantitative estimate of drug-likeness (QED) is 0.604. The molecule has 0 aromatic carbocycles. The van der Waals surface area contributed by atoms with Crippen LogP contribution in [0.2, 0.25) is 0 Å². The SMILES string of the molecule is CCOC(=O)NC1CCCC(NCCNC(=O)C2C=CC(C)=C(F)C2)C1. The number of alkyl carbamates (subject to hydrolysis) is 1. The summed E-state index contributed by atoms with van der Waals surface area (Å²) < 4.78 is 18.5. The topological polar surface area (TPSA) is 79.5 Å². The molecular formula is C19H30FN3O3. The summed E-state index contributed by atoms with van der Waals surface area (Å²) in [4.78, 5) is 23.6. The molecule has 1 saturated carbocycles. The predicted octanol–water partition coefficient (Wildman–Crippen LogP) is 2.57. The maximum absolute atomic E-state index is 13.6. The second-order valence-corrected chi connectivity index (χ2v) is 6.93. The van der Waals surface area contributed by atoms with Gasteiger partial charge in [0.25, 0.3) is 0 Å². The molecule has 2 aliphatic rings. The number of nitrogens with one attached hydrogen (secondary N) is 3. The maximum Gasteiger partial charge on any atom is 0.407 e. The second kappa shape index (κ2) is 10.3. The van der Waals surface area contributed by atoms with E-state index in [9.17, 15) is 14.0 Å². The van der Waals surface area contributed by atoms with Crippen LogP contribution >= 0.6 is 0 Å². The minimum Gasteiger partial charge on any atom is -0.450 e. The van der Waals surface area contributed by atoms with Crippen molar-refractivity contribution in [1.29, 1.82) is 0 Å². The van der Waals surface area contributed by atoms with Crippen LogP contribution in [-0.4, -0.2) is 43.8 Å². The first kappa shape index (κ1) is 20.4. The molecular weight excluding hydrogens is 337 g/mol. The van der Waals surface area contributed by atoms with Crippen molar-refractivity contribution in [2.45, 2.75) is 58.0 Å². The normalized spacial score (nSPS) is 25.7. The van der Waals surface area contributed by atoms with Gasteiger partial charge in [0.05, 0.1) is 12.5 Å². The molecule has 26 heavy (non-hydrogen) atoms. The molecule has 2 amide bonds. The Morgan fingerprint density at radius 2 is 2.04 bits per heavy atom. The van der Waals surface area contributed by atoms with Crippen molar-refractivity contribution in [2.24, 2.45) is 5.92 Å². The van der Waals surface area contributed by atoms with Gasteiger partial charge in [-0.15, -0.1) is 0 Å². The molecule has 7 heteroatoms. The summed E-state index contributed by atoms with van der Waals surface area (Å²) in [7, 11) is 0. The molecule has 6 nitrogen and oxygen atoms in total. The minimum absolute atomic E-state index is 0.125. The highest BCUT2D eigenvalue weighted by molar-refractivity contribution is 5.81. The fourth-order valence-corrected chi connectivity index (χ4v) is 3.39. The third kappa shape index (κ3) is 6.44. The highest BCUT2D eigenvalue weighted by atomic mass is 19.1. The molecule has 146 valence electrons. The van der Waals surface area contributed by atoms with Gasteiger partial charge in [0.15, 0.2) is 0 Å². The van der Waals surface area contributed by atoms with Gasteiger partial charge in [0.2, 0.25) is 5.91 Å². The van der Waals surface area contributed by atoms with Crippen LogP contribution in [0.15, 0.2) is 23.6 Å². The van der Waals surface area contributed by atoms with Gasteiger partial charge in [-0.05, 0) is 45.1 Å². The molecule has 3 unspecified atom stereocenters. The number of carbonyl (C=O) groups is 2. The number of hydrogen-bond acceptors (Lipinski definition) is 4. The van der Waals surface area contributed by atoms with E-state index in [0.29, 0.717) is 31.3 Å². The predicted molar refractivity (Wildman–Crippen MR) is 98.3 cm³/mol. The average Bonchev–Trinajstić information content (AvgIpc) is 2.61. The van der Waals surface area contributed by atoms with Gasteiger partial charge < -0.3 is 20.7 Å². The van der Waals surface area contributed by atoms with Crippen molar-refractivity contribution in [3.8, 4) is 0 Å². The van der Waals surface area contributed by atoms with E-state index in [1.54, 1.807) is 26.0 Å². The Hall–Kier alpha value is -1.89. The van der Waals surface area contributed by atoms with E-state index in [-0.39, 0.29) is 30.3 Å². The summed E-state index contributed by atoms with van der Waals surface area (Å²) in [5.41, 5.74) is 0.596. The van der Waals surface area contributed by atoms with Gasteiger partial charge in [0, 0.05) is 31.6 Å². The Morgan fingerprint density at radius 3 is 2.77 bits per heavy atom. The van der Waals surface area contributed by atoms with Crippen LogP contribution in [0.3, 0.4) is 0 Å². The van der Waals surface area contributed by atoms with E-state index in [0.717, 1.165) is 25.7 Å². The lowest BCUT2D eigenvalue weighted by Crippen LogP contribution is -2.46. The molecule has 0 aromatic heterocycles. The lowest BCUT2D eigenvalue weighted by Gasteiger charge is -2.30. The fourth-order valence-electron chi connectivity index (χ4n) is 3.39. The number of rotatable bonds is 7. The van der Waals surface area contributed by atoms with E-state index in [1.807, 2.05) is 0 Å². The summed E-state index contributed by atoms with van der Waals surface area (Å²) in [6.07, 6.45) is 7.11. The summed E-state index contributed by atoms with van der Waals surface area (Å²) in [5.74, 6) is -0.782. The van der Waals surface area contributed by atoms with Gasteiger partial charge in [-0.3, -0.25) is 4.79 Å². The zero-order valence-corrected chi connectivity index (χ0v) is 15.6. The number of ether oxygens (including phenoxy) is 1. The van der Waals surface area contributed by atoms with Crippen molar-refractivity contribution in [3.63, 3.8) is 0 Å². The molecule has 2 rings (SSSR count). The van der Waals surface area contributed by atoms with Crippen molar-refractivity contribution >= 4 is 12.0 Å². The molecule has 1 fully saturated rings.